The van der Waals surface area contributed by atoms with Crippen LogP contribution >= 0.6 is 0 Å². The van der Waals surface area contributed by atoms with Gasteiger partial charge in [0.1, 0.15) is 5.78 Å². The number of aliphatic hydroxyl groups excluding tert-OH is 1. The molecule has 0 bridgehead atoms. The van der Waals surface area contributed by atoms with Crippen LogP contribution in [-0.2, 0) is 4.79 Å². The lowest BCUT2D eigenvalue weighted by Gasteiger charge is -2.20. The quantitative estimate of drug-likeness (QED) is 0.647. The van der Waals surface area contributed by atoms with Crippen molar-refractivity contribution in [3.05, 3.63) is 0 Å². The molecule has 60 valence electrons. The molecule has 0 radical (unpaired) electrons. The third-order valence-electron chi connectivity index (χ3n) is 1.81. The van der Waals surface area contributed by atoms with E-state index in [9.17, 15) is 4.79 Å². The standard InChI is InChI=1S/C8H16O2/c1-4-7(10)8(2,3)5-6-9/h9H,4-6H2,1-3H3. The Morgan fingerprint density at radius 3 is 2.30 bits per heavy atom. The average Bonchev–Trinajstić information content (AvgIpc) is 1.86. The van der Waals surface area contributed by atoms with Crippen LogP contribution in [0.1, 0.15) is 33.6 Å². The molecule has 0 aromatic heterocycles. The van der Waals surface area contributed by atoms with Gasteiger partial charge in [-0.15, -0.1) is 0 Å². The highest BCUT2D eigenvalue weighted by molar-refractivity contribution is 5.83. The van der Waals surface area contributed by atoms with Gasteiger partial charge in [0.2, 0.25) is 0 Å². The fourth-order valence-corrected chi connectivity index (χ4v) is 0.897. The maximum Gasteiger partial charge on any atom is 0.138 e. The summed E-state index contributed by atoms with van der Waals surface area (Å²) in [6.07, 6.45) is 1.13. The number of Topliss-reactive ketones (excluding diaryl/α,β-unsaturated/α-hetero) is 1. The summed E-state index contributed by atoms with van der Waals surface area (Å²) >= 11 is 0. The zero-order chi connectivity index (χ0) is 8.20. The molecule has 0 aromatic rings. The van der Waals surface area contributed by atoms with E-state index in [1.807, 2.05) is 20.8 Å². The first kappa shape index (κ1) is 9.63. The molecule has 0 spiro atoms. The molecule has 10 heavy (non-hydrogen) atoms. The molecule has 0 heterocycles. The third kappa shape index (κ3) is 2.48. The summed E-state index contributed by atoms with van der Waals surface area (Å²) in [6, 6.07) is 0. The van der Waals surface area contributed by atoms with Gasteiger partial charge in [-0.05, 0) is 6.42 Å². The molecule has 0 aliphatic carbocycles. The molecule has 0 saturated carbocycles. The van der Waals surface area contributed by atoms with Crippen LogP contribution in [-0.4, -0.2) is 17.5 Å². The predicted molar refractivity (Wildman–Crippen MR) is 40.8 cm³/mol. The Kier molecular flexibility index (Phi) is 3.58. The Bertz CT molecular complexity index is 116. The van der Waals surface area contributed by atoms with E-state index in [1.165, 1.54) is 0 Å². The Balaban J connectivity index is 3.96. The average molecular weight is 144 g/mol. The van der Waals surface area contributed by atoms with E-state index in [0.29, 0.717) is 12.8 Å². The zero-order valence-corrected chi connectivity index (χ0v) is 6.98. The van der Waals surface area contributed by atoms with Crippen molar-refractivity contribution in [3.63, 3.8) is 0 Å². The SMILES string of the molecule is CCC(=O)C(C)(C)CCO. The molecule has 1 N–H and O–H groups in total. The summed E-state index contributed by atoms with van der Waals surface area (Å²) < 4.78 is 0. The number of ketones is 1. The molecule has 0 aromatic carbocycles. The number of carbonyl (C=O) groups is 1. The van der Waals surface area contributed by atoms with Crippen LogP contribution in [0.3, 0.4) is 0 Å². The van der Waals surface area contributed by atoms with Crippen LogP contribution in [0.4, 0.5) is 0 Å². The molecule has 0 fully saturated rings. The minimum atomic E-state index is -0.330. The van der Waals surface area contributed by atoms with Crippen LogP contribution in [0, 0.1) is 5.41 Å². The van der Waals surface area contributed by atoms with Crippen LogP contribution in [0.25, 0.3) is 0 Å². The molecule has 0 unspecified atom stereocenters. The van der Waals surface area contributed by atoms with Gasteiger partial charge >= 0.3 is 0 Å². The lowest BCUT2D eigenvalue weighted by Crippen LogP contribution is -2.24. The van der Waals surface area contributed by atoms with Crippen molar-refractivity contribution in [1.29, 1.82) is 0 Å². The van der Waals surface area contributed by atoms with E-state index in [1.54, 1.807) is 0 Å². The monoisotopic (exact) mass is 144 g/mol. The van der Waals surface area contributed by atoms with Crippen LogP contribution in [0.5, 0.6) is 0 Å². The summed E-state index contributed by atoms with van der Waals surface area (Å²) in [5.74, 6) is 0.224. The summed E-state index contributed by atoms with van der Waals surface area (Å²) in [4.78, 5) is 11.1. The first-order valence-corrected chi connectivity index (χ1v) is 3.68. The van der Waals surface area contributed by atoms with E-state index in [2.05, 4.69) is 0 Å². The van der Waals surface area contributed by atoms with Crippen molar-refractivity contribution in [2.24, 2.45) is 5.41 Å². The van der Waals surface area contributed by atoms with Gasteiger partial charge in [0.05, 0.1) is 0 Å². The summed E-state index contributed by atoms with van der Waals surface area (Å²) in [5.41, 5.74) is -0.330. The molecule has 2 nitrogen and oxygen atoms in total. The molecule has 2 heteroatoms. The molecule has 0 aliphatic heterocycles. The van der Waals surface area contributed by atoms with Gasteiger partial charge in [0, 0.05) is 18.4 Å². The fourth-order valence-electron chi connectivity index (χ4n) is 0.897. The maximum absolute atomic E-state index is 11.1. The number of aliphatic hydroxyl groups is 1. The van der Waals surface area contributed by atoms with Crippen molar-refractivity contribution < 1.29 is 9.90 Å². The van der Waals surface area contributed by atoms with Gasteiger partial charge in [-0.2, -0.15) is 0 Å². The topological polar surface area (TPSA) is 37.3 Å². The van der Waals surface area contributed by atoms with E-state index < -0.39 is 0 Å². The highest BCUT2D eigenvalue weighted by Crippen LogP contribution is 2.22. The molecular weight excluding hydrogens is 128 g/mol. The minimum Gasteiger partial charge on any atom is -0.396 e. The first-order chi connectivity index (χ1) is 4.54. The van der Waals surface area contributed by atoms with Crippen molar-refractivity contribution >= 4 is 5.78 Å². The van der Waals surface area contributed by atoms with E-state index >= 15 is 0 Å². The van der Waals surface area contributed by atoms with Gasteiger partial charge in [-0.1, -0.05) is 20.8 Å². The Hall–Kier alpha value is -0.370. The summed E-state index contributed by atoms with van der Waals surface area (Å²) in [7, 11) is 0. The highest BCUT2D eigenvalue weighted by Gasteiger charge is 2.24. The third-order valence-corrected chi connectivity index (χ3v) is 1.81. The highest BCUT2D eigenvalue weighted by atomic mass is 16.3. The van der Waals surface area contributed by atoms with E-state index in [-0.39, 0.29) is 17.8 Å². The second kappa shape index (κ2) is 3.71. The van der Waals surface area contributed by atoms with Crippen molar-refractivity contribution in [1.82, 2.24) is 0 Å². The fraction of sp³-hybridized carbons (Fsp3) is 0.875. The smallest absolute Gasteiger partial charge is 0.138 e. The largest absolute Gasteiger partial charge is 0.396 e. The van der Waals surface area contributed by atoms with Gasteiger partial charge in [0.15, 0.2) is 0 Å². The number of hydrogen-bond acceptors (Lipinski definition) is 2. The van der Waals surface area contributed by atoms with E-state index in [4.69, 9.17) is 5.11 Å². The molecule has 0 amide bonds. The van der Waals surface area contributed by atoms with Crippen molar-refractivity contribution in [2.45, 2.75) is 33.6 Å². The van der Waals surface area contributed by atoms with Gasteiger partial charge < -0.3 is 5.11 Å². The van der Waals surface area contributed by atoms with Gasteiger partial charge in [-0.3, -0.25) is 4.79 Å². The molecule has 0 atom stereocenters. The normalized spacial score (nSPS) is 11.6. The number of rotatable bonds is 4. The number of hydrogen-bond donors (Lipinski definition) is 1. The molecule has 0 saturated heterocycles. The Morgan fingerprint density at radius 1 is 1.50 bits per heavy atom. The van der Waals surface area contributed by atoms with Crippen LogP contribution in [0.2, 0.25) is 0 Å². The zero-order valence-electron chi connectivity index (χ0n) is 6.98. The van der Waals surface area contributed by atoms with Gasteiger partial charge in [0.25, 0.3) is 0 Å². The number of carbonyl (C=O) groups excluding carboxylic acids is 1. The van der Waals surface area contributed by atoms with Gasteiger partial charge in [-0.25, -0.2) is 0 Å². The Labute approximate surface area is 62.2 Å². The van der Waals surface area contributed by atoms with Crippen LogP contribution in [0.15, 0.2) is 0 Å². The molecular formula is C8H16O2. The van der Waals surface area contributed by atoms with E-state index in [0.717, 1.165) is 0 Å². The predicted octanol–water partition coefficient (Wildman–Crippen LogP) is 1.37. The van der Waals surface area contributed by atoms with Crippen molar-refractivity contribution in [2.75, 3.05) is 6.61 Å². The van der Waals surface area contributed by atoms with Crippen molar-refractivity contribution in [3.8, 4) is 0 Å². The van der Waals surface area contributed by atoms with Crippen LogP contribution < -0.4 is 0 Å². The lowest BCUT2D eigenvalue weighted by molar-refractivity contribution is -0.127. The molecule has 0 aliphatic rings. The summed E-state index contributed by atoms with van der Waals surface area (Å²) in [6.45, 7) is 5.68. The summed E-state index contributed by atoms with van der Waals surface area (Å²) in [5, 5.41) is 8.59. The lowest BCUT2D eigenvalue weighted by atomic mass is 9.84. The first-order valence-electron chi connectivity index (χ1n) is 3.68. The molecule has 0 rings (SSSR count). The maximum atomic E-state index is 11.1. The Morgan fingerprint density at radius 2 is 2.00 bits per heavy atom. The second-order valence-corrected chi connectivity index (χ2v) is 3.13. The second-order valence-electron chi connectivity index (χ2n) is 3.13. The minimum absolute atomic E-state index is 0.0960.